The minimum atomic E-state index is -5.08. The number of rotatable bonds is 4. The number of aromatic nitrogens is 3. The third-order valence-electron chi connectivity index (χ3n) is 5.27. The van der Waals surface area contributed by atoms with Gasteiger partial charge in [0.1, 0.15) is 5.82 Å². The second-order valence-corrected chi connectivity index (χ2v) is 9.43. The maximum Gasteiger partial charge on any atom is 0.490 e. The number of pyridine rings is 1. The molecule has 3 aromatic rings. The molecule has 0 aliphatic carbocycles. The number of halogens is 4. The molecule has 1 amide bonds. The molecule has 34 heavy (non-hydrogen) atoms. The van der Waals surface area contributed by atoms with Crippen LogP contribution in [0.15, 0.2) is 47.8 Å². The first kappa shape index (κ1) is 25.8. The van der Waals surface area contributed by atoms with Crippen LogP contribution in [0.2, 0.25) is 5.02 Å². The van der Waals surface area contributed by atoms with Gasteiger partial charge in [0.15, 0.2) is 0 Å². The Bertz CT molecular complexity index is 1140. The zero-order chi connectivity index (χ0) is 24.9. The van der Waals surface area contributed by atoms with Gasteiger partial charge in [-0.3, -0.25) is 9.78 Å². The van der Waals surface area contributed by atoms with Crippen LogP contribution in [-0.4, -0.2) is 61.4 Å². The number of carbonyl (C=O) groups excluding carboxylic acids is 1. The molecule has 1 aromatic carbocycles. The van der Waals surface area contributed by atoms with Gasteiger partial charge >= 0.3 is 12.1 Å². The standard InChI is InChI=1S/C20H21ClN4OS.C2HF3O2/c1-13(27-18-4-7-22-17-12-15(21)2-3-16(17)18)20(26)25-10-5-14(6-11-25)19-23-8-9-24-19;3-2(4,5)1(6)7/h2-4,7-9,12-14H,5-6,10-11H2,1H3,(H,23,24);(H,6,7). The number of carboxylic acids is 1. The molecule has 12 heteroatoms. The first-order valence-electron chi connectivity index (χ1n) is 10.4. The van der Waals surface area contributed by atoms with Gasteiger partial charge < -0.3 is 15.0 Å². The van der Waals surface area contributed by atoms with Crippen molar-refractivity contribution in [1.82, 2.24) is 19.9 Å². The highest BCUT2D eigenvalue weighted by Crippen LogP contribution is 2.33. The molecule has 1 unspecified atom stereocenters. The normalized spacial score (nSPS) is 15.5. The molecule has 1 saturated heterocycles. The number of nitrogens with zero attached hydrogens (tertiary/aromatic N) is 3. The lowest BCUT2D eigenvalue weighted by Gasteiger charge is -2.32. The van der Waals surface area contributed by atoms with Crippen molar-refractivity contribution in [1.29, 1.82) is 0 Å². The SMILES string of the molecule is CC(Sc1ccnc2cc(Cl)ccc12)C(=O)N1CCC(c2ncc[nH]2)CC1.O=C(O)C(F)(F)F. The van der Waals surface area contributed by atoms with E-state index in [1.807, 2.05) is 42.3 Å². The fraction of sp³-hybridized carbons (Fsp3) is 0.364. The summed E-state index contributed by atoms with van der Waals surface area (Å²) >= 11 is 7.65. The third kappa shape index (κ3) is 6.63. The average molecular weight is 515 g/mol. The number of likely N-dealkylation sites (tertiary alicyclic amines) is 1. The highest BCUT2D eigenvalue weighted by atomic mass is 35.5. The lowest BCUT2D eigenvalue weighted by Crippen LogP contribution is -2.41. The molecule has 2 N–H and O–H groups in total. The molecule has 0 spiro atoms. The fourth-order valence-corrected chi connectivity index (χ4v) is 4.81. The molecule has 2 aromatic heterocycles. The second-order valence-electron chi connectivity index (χ2n) is 7.61. The maximum atomic E-state index is 12.9. The quantitative estimate of drug-likeness (QED) is 0.468. The van der Waals surface area contributed by atoms with E-state index in [1.54, 1.807) is 24.2 Å². The monoisotopic (exact) mass is 514 g/mol. The maximum absolute atomic E-state index is 12.9. The van der Waals surface area contributed by atoms with E-state index in [-0.39, 0.29) is 11.2 Å². The number of thioether (sulfide) groups is 1. The smallest absolute Gasteiger partial charge is 0.475 e. The first-order valence-corrected chi connectivity index (χ1v) is 11.6. The fourth-order valence-electron chi connectivity index (χ4n) is 3.57. The number of benzene rings is 1. The molecule has 3 heterocycles. The number of nitrogens with one attached hydrogen (secondary N) is 1. The lowest BCUT2D eigenvalue weighted by molar-refractivity contribution is -0.192. The van der Waals surface area contributed by atoms with E-state index in [2.05, 4.69) is 15.0 Å². The summed E-state index contributed by atoms with van der Waals surface area (Å²) in [5.74, 6) is -1.11. The van der Waals surface area contributed by atoms with Crippen molar-refractivity contribution in [2.24, 2.45) is 0 Å². The van der Waals surface area contributed by atoms with Crippen molar-refractivity contribution in [2.75, 3.05) is 13.1 Å². The molecule has 0 saturated carbocycles. The molecular formula is C22H22ClF3N4O3S. The molecular weight excluding hydrogens is 493 g/mol. The van der Waals surface area contributed by atoms with E-state index < -0.39 is 12.1 Å². The zero-order valence-electron chi connectivity index (χ0n) is 18.1. The minimum absolute atomic E-state index is 0.147. The van der Waals surface area contributed by atoms with Gasteiger partial charge in [-0.15, -0.1) is 11.8 Å². The van der Waals surface area contributed by atoms with E-state index in [1.165, 1.54) is 0 Å². The Morgan fingerprint density at radius 1 is 1.21 bits per heavy atom. The van der Waals surface area contributed by atoms with Crippen molar-refractivity contribution >= 4 is 46.1 Å². The van der Waals surface area contributed by atoms with Gasteiger partial charge in [-0.2, -0.15) is 13.2 Å². The molecule has 1 aliphatic heterocycles. The van der Waals surface area contributed by atoms with Crippen LogP contribution in [0.4, 0.5) is 13.2 Å². The topological polar surface area (TPSA) is 99.2 Å². The summed E-state index contributed by atoms with van der Waals surface area (Å²) in [6.07, 6.45) is 2.24. The second kappa shape index (κ2) is 11.1. The highest BCUT2D eigenvalue weighted by Gasteiger charge is 2.38. The Balaban J connectivity index is 0.000000406. The Morgan fingerprint density at radius 2 is 1.88 bits per heavy atom. The zero-order valence-corrected chi connectivity index (χ0v) is 19.6. The summed E-state index contributed by atoms with van der Waals surface area (Å²) in [7, 11) is 0. The molecule has 1 fully saturated rings. The number of aliphatic carboxylic acids is 1. The minimum Gasteiger partial charge on any atom is -0.475 e. The number of hydrogen-bond acceptors (Lipinski definition) is 5. The van der Waals surface area contributed by atoms with Gasteiger partial charge in [0.25, 0.3) is 0 Å². The third-order valence-corrected chi connectivity index (χ3v) is 6.67. The number of fused-ring (bicyclic) bond motifs is 1. The molecule has 1 atom stereocenters. The Morgan fingerprint density at radius 3 is 2.47 bits per heavy atom. The Labute approximate surface area is 202 Å². The number of carboxylic acid groups (broad SMARTS) is 1. The van der Waals surface area contributed by atoms with Crippen LogP contribution in [0.5, 0.6) is 0 Å². The number of hydrogen-bond donors (Lipinski definition) is 2. The van der Waals surface area contributed by atoms with Crippen LogP contribution < -0.4 is 0 Å². The van der Waals surface area contributed by atoms with Crippen LogP contribution in [0.25, 0.3) is 10.9 Å². The van der Waals surface area contributed by atoms with Crippen molar-refractivity contribution in [3.63, 3.8) is 0 Å². The summed E-state index contributed by atoms with van der Waals surface area (Å²) in [6.45, 7) is 3.54. The van der Waals surface area contributed by atoms with Gasteiger partial charge in [-0.25, -0.2) is 9.78 Å². The van der Waals surface area contributed by atoms with Crippen LogP contribution in [-0.2, 0) is 9.59 Å². The average Bonchev–Trinajstić information content (AvgIpc) is 3.33. The van der Waals surface area contributed by atoms with Crippen molar-refractivity contribution in [2.45, 2.75) is 42.0 Å². The summed E-state index contributed by atoms with van der Waals surface area (Å²) < 4.78 is 31.7. The number of piperidine rings is 1. The van der Waals surface area contributed by atoms with Gasteiger partial charge in [-0.1, -0.05) is 17.7 Å². The number of H-pyrrole nitrogens is 1. The molecule has 4 rings (SSSR count). The summed E-state index contributed by atoms with van der Waals surface area (Å²) in [5.41, 5.74) is 0.853. The van der Waals surface area contributed by atoms with Crippen molar-refractivity contribution < 1.29 is 27.9 Å². The highest BCUT2D eigenvalue weighted by molar-refractivity contribution is 8.00. The van der Waals surface area contributed by atoms with Crippen LogP contribution in [0.1, 0.15) is 31.5 Å². The number of aromatic amines is 1. The first-order chi connectivity index (χ1) is 16.1. The van der Waals surface area contributed by atoms with Crippen LogP contribution in [0.3, 0.4) is 0 Å². The number of amides is 1. The van der Waals surface area contributed by atoms with E-state index >= 15 is 0 Å². The summed E-state index contributed by atoms with van der Waals surface area (Å²) in [4.78, 5) is 36.8. The van der Waals surface area contributed by atoms with E-state index in [0.717, 1.165) is 47.6 Å². The van der Waals surface area contributed by atoms with Gasteiger partial charge in [0.05, 0.1) is 10.8 Å². The largest absolute Gasteiger partial charge is 0.490 e. The summed E-state index contributed by atoms with van der Waals surface area (Å²) in [6, 6.07) is 7.65. The number of alkyl halides is 3. The van der Waals surface area contributed by atoms with Crippen LogP contribution in [0, 0.1) is 0 Å². The van der Waals surface area contributed by atoms with Gasteiger partial charge in [-0.05, 0) is 38.0 Å². The molecule has 0 radical (unpaired) electrons. The number of carbonyl (C=O) groups is 2. The van der Waals surface area contributed by atoms with E-state index in [0.29, 0.717) is 10.9 Å². The van der Waals surface area contributed by atoms with E-state index in [9.17, 15) is 18.0 Å². The molecule has 0 bridgehead atoms. The van der Waals surface area contributed by atoms with Gasteiger partial charge in [0.2, 0.25) is 5.91 Å². The molecule has 1 aliphatic rings. The van der Waals surface area contributed by atoms with Crippen molar-refractivity contribution in [3.05, 3.63) is 53.7 Å². The van der Waals surface area contributed by atoms with E-state index in [4.69, 9.17) is 21.5 Å². The number of imidazole rings is 1. The lowest BCUT2D eigenvalue weighted by atomic mass is 9.96. The predicted molar refractivity (Wildman–Crippen MR) is 123 cm³/mol. The van der Waals surface area contributed by atoms with Gasteiger partial charge in [0, 0.05) is 52.9 Å². The van der Waals surface area contributed by atoms with Crippen molar-refractivity contribution in [3.8, 4) is 0 Å². The Hall–Kier alpha value is -2.79. The molecule has 182 valence electrons. The van der Waals surface area contributed by atoms with Crippen LogP contribution >= 0.6 is 23.4 Å². The molecule has 7 nitrogen and oxygen atoms in total. The Kier molecular flexibility index (Phi) is 8.42. The predicted octanol–water partition coefficient (Wildman–Crippen LogP) is 5.13. The summed E-state index contributed by atoms with van der Waals surface area (Å²) in [5, 5.41) is 8.68.